The maximum atomic E-state index is 14.0. The van der Waals surface area contributed by atoms with Crippen molar-refractivity contribution in [2.24, 2.45) is 5.73 Å². The highest BCUT2D eigenvalue weighted by atomic mass is 16.5. The van der Waals surface area contributed by atoms with Crippen molar-refractivity contribution < 1.29 is 23.9 Å². The molecule has 0 bridgehead atoms. The molecule has 0 saturated carbocycles. The van der Waals surface area contributed by atoms with Crippen LogP contribution in [0, 0.1) is 0 Å². The van der Waals surface area contributed by atoms with Gasteiger partial charge in [-0.2, -0.15) is 0 Å². The lowest BCUT2D eigenvalue weighted by Gasteiger charge is -2.22. The Hall–Kier alpha value is -4.82. The Morgan fingerprint density at radius 3 is 2.25 bits per heavy atom. The number of ether oxygens (including phenoxy) is 2. The number of carbonyl (C=O) groups is 3. The molecule has 1 heterocycles. The monoisotopic (exact) mass is 537 g/mol. The number of fused-ring (bicyclic) bond motifs is 1. The van der Waals surface area contributed by atoms with E-state index in [0.29, 0.717) is 28.6 Å². The summed E-state index contributed by atoms with van der Waals surface area (Å²) in [6.07, 6.45) is 2.73. The second-order valence-electron chi connectivity index (χ2n) is 9.07. The highest BCUT2D eigenvalue weighted by molar-refractivity contribution is 6.10. The second-order valence-corrected chi connectivity index (χ2v) is 9.07. The highest BCUT2D eigenvalue weighted by Crippen LogP contribution is 2.37. The number of nitrogens with two attached hydrogens (primary N) is 1. The van der Waals surface area contributed by atoms with Gasteiger partial charge in [-0.15, -0.1) is 0 Å². The fourth-order valence-corrected chi connectivity index (χ4v) is 4.29. The van der Waals surface area contributed by atoms with Crippen molar-refractivity contribution >= 4 is 28.6 Å². The maximum Gasteiger partial charge on any atom is 0.330 e. The molecule has 3 aromatic carbocycles. The van der Waals surface area contributed by atoms with Gasteiger partial charge in [0.25, 0.3) is 5.91 Å². The molecule has 0 aliphatic heterocycles. The molecule has 0 radical (unpaired) electrons. The largest absolute Gasteiger partial charge is 0.488 e. The lowest BCUT2D eigenvalue weighted by atomic mass is 10.00. The molecule has 204 valence electrons. The lowest BCUT2D eigenvalue weighted by molar-refractivity contribution is -0.135. The molecular weight excluding hydrogens is 506 g/mol. The summed E-state index contributed by atoms with van der Waals surface area (Å²) in [6, 6.07) is 25.1. The zero-order valence-corrected chi connectivity index (χ0v) is 22.4. The van der Waals surface area contributed by atoms with Gasteiger partial charge in [0.15, 0.2) is 11.5 Å². The number of nitrogens with zero attached hydrogens (tertiary/aromatic N) is 1. The van der Waals surface area contributed by atoms with Crippen LogP contribution >= 0.6 is 0 Å². The summed E-state index contributed by atoms with van der Waals surface area (Å²) in [4.78, 5) is 42.8. The normalized spacial score (nSPS) is 12.6. The summed E-state index contributed by atoms with van der Waals surface area (Å²) >= 11 is 0. The fraction of sp³-hybridized carbons (Fsp3) is 0.188. The Morgan fingerprint density at radius 1 is 0.925 bits per heavy atom. The van der Waals surface area contributed by atoms with Crippen LogP contribution in [-0.4, -0.2) is 42.4 Å². The van der Waals surface area contributed by atoms with Crippen LogP contribution in [0.15, 0.2) is 97.1 Å². The zero-order chi connectivity index (χ0) is 28.5. The van der Waals surface area contributed by atoms with E-state index in [1.165, 1.54) is 7.11 Å². The van der Waals surface area contributed by atoms with Crippen molar-refractivity contribution in [2.45, 2.75) is 25.4 Å². The Balaban J connectivity index is 1.78. The highest BCUT2D eigenvalue weighted by Gasteiger charge is 2.26. The molecule has 1 unspecified atom stereocenters. The first-order valence-corrected chi connectivity index (χ1v) is 12.9. The number of nitrogens with one attached hydrogen (secondary N) is 1. The molecule has 2 atom stereocenters. The molecule has 8 nitrogen and oxygen atoms in total. The Morgan fingerprint density at radius 2 is 1.57 bits per heavy atom. The average Bonchev–Trinajstić information content (AvgIpc) is 3.00. The standard InChI is InChI=1S/C32H31N3O5/c1-3-25(21-12-6-4-7-13-21)35-32(38)29-23-16-10-11-17-26(23)34-30(22-14-8-5-9-15-22)31(29)40-20-24(33)27(36)18-19-28(37)39-2/h4-19,24-25H,3,20,33H2,1-2H3,(H,35,38)/b19-18+/t24?,25-/m0/s1. The number of para-hydroxylation sites is 1. The molecule has 4 aromatic rings. The SMILES string of the molecule is CC[C@H](NC(=O)c1c(OCC(N)C(=O)/C=C/C(=O)OC)c(-c2ccccc2)nc2ccccc12)c1ccccc1. The Bertz CT molecular complexity index is 1520. The molecule has 3 N–H and O–H groups in total. The van der Waals surface area contributed by atoms with Gasteiger partial charge < -0.3 is 20.5 Å². The number of ketones is 1. The third-order valence-corrected chi connectivity index (χ3v) is 6.40. The van der Waals surface area contributed by atoms with Crippen molar-refractivity contribution in [3.05, 3.63) is 108 Å². The summed E-state index contributed by atoms with van der Waals surface area (Å²) in [5.74, 6) is -1.33. The third-order valence-electron chi connectivity index (χ3n) is 6.40. The molecule has 0 aliphatic carbocycles. The van der Waals surface area contributed by atoms with Gasteiger partial charge in [0.2, 0.25) is 0 Å². The predicted octanol–water partition coefficient (Wildman–Crippen LogP) is 4.79. The molecule has 0 saturated heterocycles. The number of benzene rings is 3. The minimum Gasteiger partial charge on any atom is -0.488 e. The summed E-state index contributed by atoms with van der Waals surface area (Å²) in [7, 11) is 1.21. The van der Waals surface area contributed by atoms with Gasteiger partial charge in [-0.3, -0.25) is 9.59 Å². The molecule has 40 heavy (non-hydrogen) atoms. The van der Waals surface area contributed by atoms with Crippen LogP contribution in [0.25, 0.3) is 22.2 Å². The molecule has 0 fully saturated rings. The number of pyridine rings is 1. The van der Waals surface area contributed by atoms with Gasteiger partial charge in [0, 0.05) is 17.0 Å². The van der Waals surface area contributed by atoms with Crippen LogP contribution < -0.4 is 15.8 Å². The molecule has 1 aromatic heterocycles. The molecule has 1 amide bonds. The quantitative estimate of drug-likeness (QED) is 0.209. The maximum absolute atomic E-state index is 14.0. The van der Waals surface area contributed by atoms with Crippen molar-refractivity contribution in [1.29, 1.82) is 0 Å². The molecule has 8 heteroatoms. The van der Waals surface area contributed by atoms with Crippen molar-refractivity contribution in [3.63, 3.8) is 0 Å². The van der Waals surface area contributed by atoms with E-state index in [1.54, 1.807) is 0 Å². The van der Waals surface area contributed by atoms with Crippen LogP contribution in [0.4, 0.5) is 0 Å². The molecule has 0 spiro atoms. The molecule has 0 aliphatic rings. The van der Waals surface area contributed by atoms with E-state index >= 15 is 0 Å². The van der Waals surface area contributed by atoms with E-state index < -0.39 is 17.8 Å². The van der Waals surface area contributed by atoms with Crippen LogP contribution in [0.5, 0.6) is 5.75 Å². The Kier molecular flexibility index (Phi) is 9.38. The van der Waals surface area contributed by atoms with Crippen molar-refractivity contribution in [2.75, 3.05) is 13.7 Å². The van der Waals surface area contributed by atoms with Crippen molar-refractivity contribution in [1.82, 2.24) is 10.3 Å². The third kappa shape index (κ3) is 6.59. The van der Waals surface area contributed by atoms with Gasteiger partial charge in [-0.05, 0) is 24.1 Å². The molecule has 4 rings (SSSR count). The van der Waals surface area contributed by atoms with Gasteiger partial charge >= 0.3 is 5.97 Å². The number of esters is 1. The summed E-state index contributed by atoms with van der Waals surface area (Å²) in [6.45, 7) is 1.75. The summed E-state index contributed by atoms with van der Waals surface area (Å²) < 4.78 is 10.7. The van der Waals surface area contributed by atoms with Crippen molar-refractivity contribution in [3.8, 4) is 17.0 Å². The minimum absolute atomic E-state index is 0.213. The minimum atomic E-state index is -1.10. The smallest absolute Gasteiger partial charge is 0.330 e. The summed E-state index contributed by atoms with van der Waals surface area (Å²) in [5, 5.41) is 3.75. The zero-order valence-electron chi connectivity index (χ0n) is 22.4. The topological polar surface area (TPSA) is 121 Å². The predicted molar refractivity (Wildman–Crippen MR) is 154 cm³/mol. The number of hydrogen-bond donors (Lipinski definition) is 2. The first-order valence-electron chi connectivity index (χ1n) is 12.9. The number of methoxy groups -OCH3 is 1. The lowest BCUT2D eigenvalue weighted by Crippen LogP contribution is -2.36. The van der Waals surface area contributed by atoms with Gasteiger partial charge in [-0.1, -0.05) is 85.8 Å². The van der Waals surface area contributed by atoms with Gasteiger partial charge in [-0.25, -0.2) is 9.78 Å². The van der Waals surface area contributed by atoms with E-state index in [0.717, 1.165) is 23.3 Å². The fourth-order valence-electron chi connectivity index (χ4n) is 4.29. The number of hydrogen-bond acceptors (Lipinski definition) is 7. The first kappa shape index (κ1) is 28.2. The van der Waals surface area contributed by atoms with E-state index in [9.17, 15) is 14.4 Å². The van der Waals surface area contributed by atoms with Crippen LogP contribution in [-0.2, 0) is 14.3 Å². The number of aromatic nitrogens is 1. The van der Waals surface area contributed by atoms with Crippen LogP contribution in [0.2, 0.25) is 0 Å². The first-order chi connectivity index (χ1) is 19.4. The Labute approximate surface area is 232 Å². The average molecular weight is 538 g/mol. The van der Waals surface area contributed by atoms with E-state index in [1.807, 2.05) is 91.9 Å². The summed E-state index contributed by atoms with van der Waals surface area (Å²) in [5.41, 5.74) is 9.17. The van der Waals surface area contributed by atoms with E-state index in [4.69, 9.17) is 15.5 Å². The van der Waals surface area contributed by atoms with Gasteiger partial charge in [0.05, 0.1) is 24.2 Å². The van der Waals surface area contributed by atoms with Crippen LogP contribution in [0.1, 0.15) is 35.3 Å². The van der Waals surface area contributed by atoms with E-state index in [2.05, 4.69) is 10.1 Å². The molecular formula is C32H31N3O5. The van der Waals surface area contributed by atoms with Gasteiger partial charge in [0.1, 0.15) is 18.3 Å². The van der Waals surface area contributed by atoms with E-state index in [-0.39, 0.29) is 24.3 Å². The number of amides is 1. The number of carbonyl (C=O) groups excluding carboxylic acids is 3. The number of rotatable bonds is 11. The van der Waals surface area contributed by atoms with Crippen LogP contribution in [0.3, 0.4) is 0 Å². The second kappa shape index (κ2) is 13.3.